The Morgan fingerprint density at radius 3 is 2.20 bits per heavy atom. The third kappa shape index (κ3) is 4.56. The molecule has 0 aromatic rings. The van der Waals surface area contributed by atoms with E-state index in [4.69, 9.17) is 0 Å². The number of ketones is 2. The van der Waals surface area contributed by atoms with Crippen molar-refractivity contribution in [3.8, 4) is 0 Å². The van der Waals surface area contributed by atoms with Crippen LogP contribution in [0.15, 0.2) is 0 Å². The summed E-state index contributed by atoms with van der Waals surface area (Å²) in [4.78, 5) is 22.8. The van der Waals surface area contributed by atoms with Crippen LogP contribution in [0.1, 0.15) is 47.0 Å². The Labute approximate surface area is 91.6 Å². The molecule has 3 heteroatoms. The van der Waals surface area contributed by atoms with E-state index < -0.39 is 0 Å². The molecule has 1 saturated carbocycles. The molecule has 1 atom stereocenters. The quantitative estimate of drug-likeness (QED) is 0.704. The van der Waals surface area contributed by atoms with Gasteiger partial charge in [0.2, 0.25) is 5.78 Å². The Morgan fingerprint density at radius 1 is 1.33 bits per heavy atom. The Bertz CT molecular complexity index is 261. The molecule has 0 radical (unpaired) electrons. The van der Waals surface area contributed by atoms with E-state index in [0.717, 1.165) is 6.42 Å². The van der Waals surface area contributed by atoms with Gasteiger partial charge in [-0.1, -0.05) is 12.8 Å². The summed E-state index contributed by atoms with van der Waals surface area (Å²) >= 11 is 0. The van der Waals surface area contributed by atoms with Gasteiger partial charge in [0.15, 0.2) is 5.78 Å². The van der Waals surface area contributed by atoms with Crippen LogP contribution in [0.25, 0.3) is 0 Å². The zero-order chi connectivity index (χ0) is 11.6. The number of rotatable bonds is 5. The van der Waals surface area contributed by atoms with Crippen molar-refractivity contribution in [2.75, 3.05) is 0 Å². The molecule has 86 valence electrons. The highest BCUT2D eigenvalue weighted by Gasteiger charge is 2.32. The van der Waals surface area contributed by atoms with Crippen LogP contribution in [-0.2, 0) is 9.59 Å². The third-order valence-corrected chi connectivity index (χ3v) is 2.54. The predicted octanol–water partition coefficient (Wildman–Crippen LogP) is 1.70. The maximum absolute atomic E-state index is 11.7. The van der Waals surface area contributed by atoms with Gasteiger partial charge in [0.05, 0.1) is 6.04 Å². The third-order valence-electron chi connectivity index (χ3n) is 2.54. The maximum atomic E-state index is 11.7. The normalized spacial score (nSPS) is 18.7. The first-order valence-electron chi connectivity index (χ1n) is 5.62. The summed E-state index contributed by atoms with van der Waals surface area (Å²) in [6.07, 6.45) is 3.22. The fourth-order valence-electron chi connectivity index (χ4n) is 1.69. The average Bonchev–Trinajstić information content (AvgIpc) is 2.83. The molecule has 0 saturated heterocycles. The second-order valence-corrected chi connectivity index (χ2v) is 5.55. The lowest BCUT2D eigenvalue weighted by Gasteiger charge is -2.27. The Kier molecular flexibility index (Phi) is 3.66. The molecule has 1 aliphatic rings. The molecule has 0 heterocycles. The molecule has 0 spiro atoms. The number of hydrogen-bond donors (Lipinski definition) is 1. The van der Waals surface area contributed by atoms with Gasteiger partial charge >= 0.3 is 0 Å². The van der Waals surface area contributed by atoms with Gasteiger partial charge in [-0.3, -0.25) is 9.59 Å². The predicted molar refractivity (Wildman–Crippen MR) is 59.7 cm³/mol. The van der Waals surface area contributed by atoms with Crippen molar-refractivity contribution >= 4 is 11.6 Å². The van der Waals surface area contributed by atoms with E-state index >= 15 is 0 Å². The van der Waals surface area contributed by atoms with Crippen LogP contribution in [0.3, 0.4) is 0 Å². The van der Waals surface area contributed by atoms with Crippen LogP contribution in [0, 0.1) is 5.92 Å². The molecule has 1 fully saturated rings. The highest BCUT2D eigenvalue weighted by Crippen LogP contribution is 2.34. The Hall–Kier alpha value is -0.700. The van der Waals surface area contributed by atoms with E-state index in [1.165, 1.54) is 19.8 Å². The summed E-state index contributed by atoms with van der Waals surface area (Å²) in [5, 5.41) is 3.24. The molecule has 1 aliphatic carbocycles. The summed E-state index contributed by atoms with van der Waals surface area (Å²) in [7, 11) is 0. The van der Waals surface area contributed by atoms with Crippen molar-refractivity contribution in [1.82, 2.24) is 5.32 Å². The second kappa shape index (κ2) is 4.44. The molecule has 15 heavy (non-hydrogen) atoms. The van der Waals surface area contributed by atoms with Gasteiger partial charge in [-0.15, -0.1) is 0 Å². The smallest absolute Gasteiger partial charge is 0.214 e. The minimum Gasteiger partial charge on any atom is -0.302 e. The van der Waals surface area contributed by atoms with Gasteiger partial charge in [-0.25, -0.2) is 0 Å². The minimum atomic E-state index is -0.336. The number of carbonyl (C=O) groups excluding carboxylic acids is 2. The summed E-state index contributed by atoms with van der Waals surface area (Å²) in [6.45, 7) is 7.40. The van der Waals surface area contributed by atoms with Gasteiger partial charge < -0.3 is 5.32 Å². The van der Waals surface area contributed by atoms with Crippen LogP contribution in [0.2, 0.25) is 0 Å². The standard InChI is InChI=1S/C12H21NO2/c1-8(14)11(15)10(7-9-5-6-9)13-12(2,3)4/h9-10,13H,5-7H2,1-4H3/t10-/m0/s1. The van der Waals surface area contributed by atoms with Crippen LogP contribution in [0.5, 0.6) is 0 Å². The van der Waals surface area contributed by atoms with E-state index in [1.807, 2.05) is 20.8 Å². The topological polar surface area (TPSA) is 46.2 Å². The van der Waals surface area contributed by atoms with E-state index in [1.54, 1.807) is 0 Å². The van der Waals surface area contributed by atoms with Gasteiger partial charge in [-0.05, 0) is 33.1 Å². The minimum absolute atomic E-state index is 0.120. The van der Waals surface area contributed by atoms with Crippen LogP contribution in [0.4, 0.5) is 0 Å². The molecule has 1 N–H and O–H groups in total. The van der Waals surface area contributed by atoms with Crippen LogP contribution in [-0.4, -0.2) is 23.1 Å². The van der Waals surface area contributed by atoms with Gasteiger partial charge in [-0.2, -0.15) is 0 Å². The molecule has 0 unspecified atom stereocenters. The largest absolute Gasteiger partial charge is 0.302 e. The summed E-state index contributed by atoms with van der Waals surface area (Å²) in [6, 6.07) is -0.282. The van der Waals surface area contributed by atoms with Crippen LogP contribution < -0.4 is 5.32 Å². The lowest BCUT2D eigenvalue weighted by atomic mass is 9.99. The average molecular weight is 211 g/mol. The van der Waals surface area contributed by atoms with Crippen molar-refractivity contribution in [2.45, 2.75) is 58.5 Å². The molecule has 0 aromatic heterocycles. The molecule has 0 amide bonds. The molecule has 3 nitrogen and oxygen atoms in total. The zero-order valence-corrected chi connectivity index (χ0v) is 10.1. The number of hydrogen-bond acceptors (Lipinski definition) is 3. The van der Waals surface area contributed by atoms with E-state index in [2.05, 4.69) is 5.32 Å². The van der Waals surface area contributed by atoms with Crippen LogP contribution >= 0.6 is 0 Å². The van der Waals surface area contributed by atoms with Gasteiger partial charge in [0.1, 0.15) is 0 Å². The van der Waals surface area contributed by atoms with E-state index in [-0.39, 0.29) is 23.1 Å². The first kappa shape index (κ1) is 12.4. The monoisotopic (exact) mass is 211 g/mol. The van der Waals surface area contributed by atoms with E-state index in [0.29, 0.717) is 5.92 Å². The van der Waals surface area contributed by atoms with Gasteiger partial charge in [0, 0.05) is 12.5 Å². The first-order chi connectivity index (χ1) is 6.79. The maximum Gasteiger partial charge on any atom is 0.214 e. The zero-order valence-electron chi connectivity index (χ0n) is 10.1. The van der Waals surface area contributed by atoms with Crippen molar-refractivity contribution in [2.24, 2.45) is 5.92 Å². The summed E-state index contributed by atoms with van der Waals surface area (Å²) < 4.78 is 0. The number of carbonyl (C=O) groups is 2. The highest BCUT2D eigenvalue weighted by molar-refractivity contribution is 6.38. The Balaban J connectivity index is 2.59. The number of Topliss-reactive ketones (excluding diaryl/α,β-unsaturated/α-hetero) is 2. The highest BCUT2D eigenvalue weighted by atomic mass is 16.2. The van der Waals surface area contributed by atoms with Crippen molar-refractivity contribution < 1.29 is 9.59 Å². The first-order valence-corrected chi connectivity index (χ1v) is 5.62. The fraction of sp³-hybridized carbons (Fsp3) is 0.833. The molecule has 0 aromatic carbocycles. The van der Waals surface area contributed by atoms with E-state index in [9.17, 15) is 9.59 Å². The second-order valence-electron chi connectivity index (χ2n) is 5.55. The SMILES string of the molecule is CC(=O)C(=O)[C@H](CC1CC1)NC(C)(C)C. The summed E-state index contributed by atoms with van der Waals surface area (Å²) in [5.74, 6) is 0.0439. The van der Waals surface area contributed by atoms with Crippen molar-refractivity contribution in [3.63, 3.8) is 0 Å². The lowest BCUT2D eigenvalue weighted by molar-refractivity contribution is -0.137. The lowest BCUT2D eigenvalue weighted by Crippen LogP contribution is -2.49. The molecular weight excluding hydrogens is 190 g/mol. The Morgan fingerprint density at radius 2 is 1.87 bits per heavy atom. The molecule has 1 rings (SSSR count). The molecule has 0 bridgehead atoms. The van der Waals surface area contributed by atoms with Gasteiger partial charge in [0.25, 0.3) is 0 Å². The number of nitrogens with one attached hydrogen (secondary N) is 1. The fourth-order valence-corrected chi connectivity index (χ4v) is 1.69. The van der Waals surface area contributed by atoms with Crippen molar-refractivity contribution in [3.05, 3.63) is 0 Å². The molecule has 0 aliphatic heterocycles. The van der Waals surface area contributed by atoms with Crippen molar-refractivity contribution in [1.29, 1.82) is 0 Å². The molecular formula is C12H21NO2. The summed E-state index contributed by atoms with van der Waals surface area (Å²) in [5.41, 5.74) is -0.120.